The Morgan fingerprint density at radius 1 is 0.714 bits per heavy atom. The van der Waals surface area contributed by atoms with Crippen LogP contribution < -0.4 is 18.9 Å². The van der Waals surface area contributed by atoms with Gasteiger partial charge in [0.1, 0.15) is 0 Å². The molecule has 0 atom stereocenters. The normalized spacial score (nSPS) is 11.6. The zero-order chi connectivity index (χ0) is 15.0. The Labute approximate surface area is 124 Å². The van der Waals surface area contributed by atoms with Crippen molar-refractivity contribution in [2.24, 2.45) is 0 Å². The van der Waals surface area contributed by atoms with Crippen LogP contribution in [0.5, 0.6) is 23.0 Å². The largest absolute Gasteiger partial charge is 0.493 e. The van der Waals surface area contributed by atoms with Gasteiger partial charge in [0, 0.05) is 12.0 Å². The summed E-state index contributed by atoms with van der Waals surface area (Å²) < 4.78 is 21.7. The van der Waals surface area contributed by atoms with Gasteiger partial charge in [0.2, 0.25) is 0 Å². The van der Waals surface area contributed by atoms with Crippen LogP contribution in [0.15, 0.2) is 24.3 Å². The van der Waals surface area contributed by atoms with Crippen LogP contribution in [0.1, 0.15) is 11.1 Å². The van der Waals surface area contributed by atoms with Gasteiger partial charge in [0.05, 0.1) is 28.4 Å². The van der Waals surface area contributed by atoms with Crippen molar-refractivity contribution >= 4 is 0 Å². The lowest BCUT2D eigenvalue weighted by molar-refractivity contribution is 0.352. The quantitative estimate of drug-likeness (QED) is 0.737. The van der Waals surface area contributed by atoms with Gasteiger partial charge in [-0.2, -0.15) is 0 Å². The number of hydrogen-bond acceptors (Lipinski definition) is 4. The summed E-state index contributed by atoms with van der Waals surface area (Å²) in [6, 6.07) is 8.05. The fourth-order valence-corrected chi connectivity index (χ4v) is 2.93. The standard InChI is InChI=1S/C17H18O4/c1-18-14-6-5-11-12-9-16(20-3)15(19-2)8-10(12)7-13(11)17(14)21-4/h5-6,8-9H,7H2,1-4H3. The highest BCUT2D eigenvalue weighted by atomic mass is 16.5. The van der Waals surface area contributed by atoms with E-state index in [9.17, 15) is 0 Å². The third-order valence-electron chi connectivity index (χ3n) is 3.92. The molecule has 0 saturated heterocycles. The number of hydrogen-bond donors (Lipinski definition) is 0. The van der Waals surface area contributed by atoms with Crippen molar-refractivity contribution in [2.75, 3.05) is 28.4 Å². The van der Waals surface area contributed by atoms with Gasteiger partial charge >= 0.3 is 0 Å². The van der Waals surface area contributed by atoms with Gasteiger partial charge < -0.3 is 18.9 Å². The van der Waals surface area contributed by atoms with Gasteiger partial charge in [0.25, 0.3) is 0 Å². The van der Waals surface area contributed by atoms with Crippen molar-refractivity contribution in [3.05, 3.63) is 35.4 Å². The third kappa shape index (κ3) is 1.98. The number of ether oxygens (including phenoxy) is 4. The van der Waals surface area contributed by atoms with E-state index in [1.807, 2.05) is 18.2 Å². The van der Waals surface area contributed by atoms with Crippen molar-refractivity contribution in [1.29, 1.82) is 0 Å². The zero-order valence-electron chi connectivity index (χ0n) is 12.6. The molecule has 4 heteroatoms. The van der Waals surface area contributed by atoms with E-state index in [4.69, 9.17) is 18.9 Å². The molecule has 2 aromatic rings. The lowest BCUT2D eigenvalue weighted by atomic mass is 10.0. The minimum absolute atomic E-state index is 0.735. The number of fused-ring (bicyclic) bond motifs is 3. The minimum atomic E-state index is 0.735. The Morgan fingerprint density at radius 2 is 1.38 bits per heavy atom. The highest BCUT2D eigenvalue weighted by molar-refractivity contribution is 5.82. The lowest BCUT2D eigenvalue weighted by Gasteiger charge is -2.12. The molecule has 0 unspecified atom stereocenters. The molecule has 0 spiro atoms. The van der Waals surface area contributed by atoms with E-state index in [0.717, 1.165) is 46.1 Å². The molecule has 0 radical (unpaired) electrons. The number of methoxy groups -OCH3 is 4. The van der Waals surface area contributed by atoms with E-state index in [1.165, 1.54) is 5.56 Å². The lowest BCUT2D eigenvalue weighted by Crippen LogP contribution is -1.95. The molecule has 4 nitrogen and oxygen atoms in total. The maximum Gasteiger partial charge on any atom is 0.164 e. The first kappa shape index (κ1) is 13.6. The summed E-state index contributed by atoms with van der Waals surface area (Å²) in [4.78, 5) is 0. The SMILES string of the molecule is COc1cc2c(cc1OC)-c1ccc(OC)c(OC)c1C2. The predicted octanol–water partition coefficient (Wildman–Crippen LogP) is 3.29. The summed E-state index contributed by atoms with van der Waals surface area (Å²) in [6.07, 6.45) is 0.797. The van der Waals surface area contributed by atoms with Crippen LogP contribution in [0.3, 0.4) is 0 Å². The molecule has 0 aliphatic heterocycles. The highest BCUT2D eigenvalue weighted by Crippen LogP contribution is 2.48. The first-order chi connectivity index (χ1) is 10.2. The van der Waals surface area contributed by atoms with Crippen molar-refractivity contribution < 1.29 is 18.9 Å². The molecule has 2 aromatic carbocycles. The van der Waals surface area contributed by atoms with E-state index < -0.39 is 0 Å². The summed E-state index contributed by atoms with van der Waals surface area (Å²) in [6.45, 7) is 0. The fourth-order valence-electron chi connectivity index (χ4n) is 2.93. The molecule has 1 aliphatic carbocycles. The van der Waals surface area contributed by atoms with Gasteiger partial charge in [0.15, 0.2) is 23.0 Å². The second kappa shape index (κ2) is 5.20. The first-order valence-electron chi connectivity index (χ1n) is 6.72. The fraction of sp³-hybridized carbons (Fsp3) is 0.294. The number of rotatable bonds is 4. The minimum Gasteiger partial charge on any atom is -0.493 e. The molecule has 0 N–H and O–H groups in total. The van der Waals surface area contributed by atoms with Crippen LogP contribution in [0.2, 0.25) is 0 Å². The molecule has 3 rings (SSSR count). The molecule has 0 amide bonds. The van der Waals surface area contributed by atoms with Crippen LogP contribution in [-0.4, -0.2) is 28.4 Å². The van der Waals surface area contributed by atoms with Crippen molar-refractivity contribution in [2.45, 2.75) is 6.42 Å². The molecule has 0 fully saturated rings. The summed E-state index contributed by atoms with van der Waals surface area (Å²) >= 11 is 0. The van der Waals surface area contributed by atoms with Crippen LogP contribution in [0, 0.1) is 0 Å². The Balaban J connectivity index is 2.19. The van der Waals surface area contributed by atoms with E-state index >= 15 is 0 Å². The maximum absolute atomic E-state index is 5.54. The molecule has 0 saturated carbocycles. The Hall–Kier alpha value is -2.36. The van der Waals surface area contributed by atoms with E-state index in [-0.39, 0.29) is 0 Å². The van der Waals surface area contributed by atoms with Crippen LogP contribution in [-0.2, 0) is 6.42 Å². The van der Waals surface area contributed by atoms with E-state index in [2.05, 4.69) is 6.07 Å². The molecule has 0 aromatic heterocycles. The summed E-state index contributed by atoms with van der Waals surface area (Å²) in [5.41, 5.74) is 4.66. The van der Waals surface area contributed by atoms with Gasteiger partial charge in [-0.15, -0.1) is 0 Å². The molecular formula is C17H18O4. The number of benzene rings is 2. The maximum atomic E-state index is 5.54. The summed E-state index contributed by atoms with van der Waals surface area (Å²) in [5, 5.41) is 0. The summed E-state index contributed by atoms with van der Waals surface area (Å²) in [5.74, 6) is 3.03. The molecule has 21 heavy (non-hydrogen) atoms. The Kier molecular flexibility index (Phi) is 3.37. The van der Waals surface area contributed by atoms with Crippen LogP contribution >= 0.6 is 0 Å². The Morgan fingerprint density at radius 3 is 2.00 bits per heavy atom. The molecule has 0 heterocycles. The van der Waals surface area contributed by atoms with Crippen molar-refractivity contribution in [3.8, 4) is 34.1 Å². The third-order valence-corrected chi connectivity index (χ3v) is 3.92. The second-order valence-electron chi connectivity index (χ2n) is 4.87. The molecule has 0 bridgehead atoms. The average Bonchev–Trinajstić information content (AvgIpc) is 2.89. The van der Waals surface area contributed by atoms with Crippen LogP contribution in [0.4, 0.5) is 0 Å². The van der Waals surface area contributed by atoms with Gasteiger partial charge in [-0.25, -0.2) is 0 Å². The second-order valence-corrected chi connectivity index (χ2v) is 4.87. The summed E-state index contributed by atoms with van der Waals surface area (Å²) in [7, 11) is 6.62. The molecule has 1 aliphatic rings. The van der Waals surface area contributed by atoms with Gasteiger partial charge in [-0.05, 0) is 34.9 Å². The van der Waals surface area contributed by atoms with E-state index in [1.54, 1.807) is 28.4 Å². The zero-order valence-corrected chi connectivity index (χ0v) is 12.6. The molecule has 110 valence electrons. The smallest absolute Gasteiger partial charge is 0.164 e. The average molecular weight is 286 g/mol. The van der Waals surface area contributed by atoms with Crippen molar-refractivity contribution in [3.63, 3.8) is 0 Å². The molecular weight excluding hydrogens is 268 g/mol. The predicted molar refractivity (Wildman–Crippen MR) is 80.9 cm³/mol. The van der Waals surface area contributed by atoms with Gasteiger partial charge in [-0.3, -0.25) is 0 Å². The Bertz CT molecular complexity index is 692. The van der Waals surface area contributed by atoms with Gasteiger partial charge in [-0.1, -0.05) is 6.07 Å². The van der Waals surface area contributed by atoms with E-state index in [0.29, 0.717) is 0 Å². The highest BCUT2D eigenvalue weighted by Gasteiger charge is 2.26. The monoisotopic (exact) mass is 286 g/mol. The first-order valence-corrected chi connectivity index (χ1v) is 6.72. The van der Waals surface area contributed by atoms with Crippen molar-refractivity contribution in [1.82, 2.24) is 0 Å². The van der Waals surface area contributed by atoms with Crippen LogP contribution in [0.25, 0.3) is 11.1 Å². The topological polar surface area (TPSA) is 36.9 Å².